The van der Waals surface area contributed by atoms with Crippen molar-refractivity contribution in [3.63, 3.8) is 0 Å². The smallest absolute Gasteiger partial charge is 0.455 e. The Morgan fingerprint density at radius 3 is 2.29 bits per heavy atom. The molecule has 0 radical (unpaired) electrons. The summed E-state index contributed by atoms with van der Waals surface area (Å²) in [6.07, 6.45) is 3.40. The van der Waals surface area contributed by atoms with Gasteiger partial charge in [-0.25, -0.2) is 12.8 Å². The molecule has 3 aromatic carbocycles. The number of nitrogens with one attached hydrogen (secondary N) is 1. The number of ether oxygens (including phenoxy) is 1. The molecule has 4 aromatic rings. The van der Waals surface area contributed by atoms with Gasteiger partial charge in [-0.1, -0.05) is 30.3 Å². The number of amides is 1. The van der Waals surface area contributed by atoms with E-state index in [1.54, 1.807) is 18.2 Å². The van der Waals surface area contributed by atoms with Crippen molar-refractivity contribution < 1.29 is 36.1 Å². The molecule has 1 amide bonds. The number of carbonyl (C=O) groups excluding carboxylic acids is 1. The number of sulfonamides is 1. The average molecular weight is 691 g/mol. The van der Waals surface area contributed by atoms with Crippen molar-refractivity contribution in [3.8, 4) is 11.3 Å². The van der Waals surface area contributed by atoms with Crippen molar-refractivity contribution in [2.75, 3.05) is 30.8 Å². The van der Waals surface area contributed by atoms with E-state index in [0.29, 0.717) is 40.7 Å². The zero-order valence-corrected chi connectivity index (χ0v) is 29.7. The van der Waals surface area contributed by atoms with Crippen molar-refractivity contribution in [3.05, 3.63) is 89.2 Å². The summed E-state index contributed by atoms with van der Waals surface area (Å²) in [7, 11) is -2.83. The molecular formula is C37H44BFN2O7S. The minimum absolute atomic E-state index is 0.108. The van der Waals surface area contributed by atoms with Gasteiger partial charge in [0, 0.05) is 30.6 Å². The number of fused-ring (bicyclic) bond motifs is 1. The molecule has 49 heavy (non-hydrogen) atoms. The molecule has 9 nitrogen and oxygen atoms in total. The number of anilines is 1. The maximum Gasteiger partial charge on any atom is 0.458 e. The Balaban J connectivity index is 1.39. The molecule has 0 spiro atoms. The first-order valence-corrected chi connectivity index (χ1v) is 18.5. The second-order valence-electron chi connectivity index (χ2n) is 14.2. The molecular weight excluding hydrogens is 646 g/mol. The number of rotatable bonds is 13. The Hall–Kier alpha value is -3.71. The lowest BCUT2D eigenvalue weighted by Gasteiger charge is -2.32. The van der Waals surface area contributed by atoms with E-state index in [9.17, 15) is 17.6 Å². The fraction of sp³-hybridized carbons (Fsp3) is 0.432. The van der Waals surface area contributed by atoms with Gasteiger partial charge in [-0.2, -0.15) is 0 Å². The van der Waals surface area contributed by atoms with Crippen molar-refractivity contribution in [2.45, 2.75) is 70.6 Å². The number of nitrogens with zero attached hydrogens (tertiary/aromatic N) is 1. The Morgan fingerprint density at radius 2 is 1.69 bits per heavy atom. The van der Waals surface area contributed by atoms with E-state index in [2.05, 4.69) is 5.32 Å². The quantitative estimate of drug-likeness (QED) is 0.148. The highest BCUT2D eigenvalue weighted by Gasteiger charge is 2.51. The van der Waals surface area contributed by atoms with Crippen LogP contribution in [0.4, 0.5) is 10.1 Å². The molecule has 12 heteroatoms. The molecule has 2 aliphatic rings. The van der Waals surface area contributed by atoms with Crippen LogP contribution in [0.1, 0.15) is 67.9 Å². The van der Waals surface area contributed by atoms with E-state index in [1.165, 1.54) is 29.7 Å². The van der Waals surface area contributed by atoms with Crippen LogP contribution in [-0.2, 0) is 30.7 Å². The summed E-state index contributed by atoms with van der Waals surface area (Å²) >= 11 is 0. The third-order valence-electron chi connectivity index (χ3n) is 9.80. The van der Waals surface area contributed by atoms with Gasteiger partial charge in [-0.15, -0.1) is 0 Å². The predicted molar refractivity (Wildman–Crippen MR) is 190 cm³/mol. The highest BCUT2D eigenvalue weighted by Crippen LogP contribution is 2.48. The summed E-state index contributed by atoms with van der Waals surface area (Å²) in [5.41, 5.74) is 2.46. The monoisotopic (exact) mass is 690 g/mol. The molecule has 1 N–H and O–H groups in total. The van der Waals surface area contributed by atoms with Crippen molar-refractivity contribution >= 4 is 39.7 Å². The lowest BCUT2D eigenvalue weighted by atomic mass is 9.77. The molecule has 2 heterocycles. The first-order chi connectivity index (χ1) is 23.2. The molecule has 1 aliphatic carbocycles. The number of halogens is 1. The van der Waals surface area contributed by atoms with Gasteiger partial charge in [0.05, 0.1) is 41.9 Å². The van der Waals surface area contributed by atoms with E-state index in [0.717, 1.165) is 24.0 Å². The topological polar surface area (TPSA) is 107 Å². The maximum atomic E-state index is 13.8. The Bertz CT molecular complexity index is 1910. The average Bonchev–Trinajstić information content (AvgIpc) is 3.78. The van der Waals surface area contributed by atoms with Gasteiger partial charge in [-0.3, -0.25) is 9.10 Å². The molecule has 1 saturated carbocycles. The van der Waals surface area contributed by atoms with Gasteiger partial charge >= 0.3 is 7.12 Å². The Morgan fingerprint density at radius 1 is 1.04 bits per heavy atom. The lowest BCUT2D eigenvalue weighted by molar-refractivity contribution is 0.00578. The summed E-state index contributed by atoms with van der Waals surface area (Å²) < 4.78 is 67.8. The third kappa shape index (κ3) is 7.57. The van der Waals surface area contributed by atoms with Gasteiger partial charge in [0.2, 0.25) is 10.0 Å². The van der Waals surface area contributed by atoms with E-state index in [-0.39, 0.29) is 36.7 Å². The van der Waals surface area contributed by atoms with Crippen LogP contribution in [0.2, 0.25) is 6.32 Å². The van der Waals surface area contributed by atoms with E-state index >= 15 is 0 Å². The number of benzene rings is 3. The Labute approximate surface area is 288 Å². The molecule has 1 aromatic heterocycles. The highest BCUT2D eigenvalue weighted by molar-refractivity contribution is 7.92. The van der Waals surface area contributed by atoms with E-state index in [4.69, 9.17) is 18.5 Å². The van der Waals surface area contributed by atoms with Crippen LogP contribution in [0.5, 0.6) is 0 Å². The number of hydrogen-bond acceptors (Lipinski definition) is 7. The standard InChI is InChI=1S/C37H44BFN2O7S/c1-36(2)37(3,4)48-38(47-36)20-25(23-45-22-24-10-8-7-9-11-24)21-41(49(6,43)44)31-19-32-30(18-29(31)26-12-13-26)33(35(42)40-5)34(46-32)27-14-16-28(39)17-15-27/h7-11,14-19,25-26H,12-13,20-23H2,1-6H3,(H,40,42)/t25-/m0/s1. The Kier molecular flexibility index (Phi) is 9.71. The van der Waals surface area contributed by atoms with Crippen LogP contribution in [0.25, 0.3) is 22.3 Å². The summed E-state index contributed by atoms with van der Waals surface area (Å²) in [5, 5.41) is 3.26. The number of hydrogen-bond donors (Lipinski definition) is 1. The molecule has 2 fully saturated rings. The van der Waals surface area contributed by atoms with Crippen molar-refractivity contribution in [1.82, 2.24) is 5.32 Å². The van der Waals surface area contributed by atoms with Crippen molar-refractivity contribution in [1.29, 1.82) is 0 Å². The van der Waals surface area contributed by atoms with Gasteiger partial charge in [0.15, 0.2) is 0 Å². The van der Waals surface area contributed by atoms with Crippen LogP contribution < -0.4 is 9.62 Å². The third-order valence-corrected chi connectivity index (χ3v) is 10.9. The van der Waals surface area contributed by atoms with E-state index in [1.807, 2.05) is 64.1 Å². The maximum absolute atomic E-state index is 13.8. The van der Waals surface area contributed by atoms with Crippen LogP contribution in [0, 0.1) is 11.7 Å². The molecule has 0 unspecified atom stereocenters. The fourth-order valence-corrected chi connectivity index (χ4v) is 7.33. The second kappa shape index (κ2) is 13.5. The van der Waals surface area contributed by atoms with E-state index < -0.39 is 34.2 Å². The molecule has 1 aliphatic heterocycles. The second-order valence-corrected chi connectivity index (χ2v) is 16.1. The number of furan rings is 1. The fourth-order valence-electron chi connectivity index (χ4n) is 6.33. The van der Waals surface area contributed by atoms with Crippen LogP contribution in [-0.4, -0.2) is 59.1 Å². The molecule has 260 valence electrons. The summed E-state index contributed by atoms with van der Waals surface area (Å²) in [6, 6.07) is 19.2. The molecule has 1 atom stereocenters. The lowest BCUT2D eigenvalue weighted by Crippen LogP contribution is -2.41. The summed E-state index contributed by atoms with van der Waals surface area (Å²) in [5.74, 6) is -0.658. The zero-order chi connectivity index (χ0) is 35.1. The largest absolute Gasteiger partial charge is 0.458 e. The molecule has 6 rings (SSSR count). The predicted octanol–water partition coefficient (Wildman–Crippen LogP) is 7.17. The van der Waals surface area contributed by atoms with Gasteiger partial charge < -0.3 is 23.8 Å². The van der Waals surface area contributed by atoms with Gasteiger partial charge in [0.25, 0.3) is 5.91 Å². The van der Waals surface area contributed by atoms with Crippen LogP contribution >= 0.6 is 0 Å². The minimum atomic E-state index is -3.81. The first kappa shape index (κ1) is 35.1. The summed E-state index contributed by atoms with van der Waals surface area (Å²) in [4.78, 5) is 13.2. The van der Waals surface area contributed by atoms with Gasteiger partial charge in [0.1, 0.15) is 17.2 Å². The van der Waals surface area contributed by atoms with Crippen LogP contribution in [0.15, 0.2) is 71.1 Å². The normalized spacial score (nSPS) is 17.7. The SMILES string of the molecule is CNC(=O)c1c(-c2ccc(F)cc2)oc2cc(N(C[C@@H](COCc3ccccc3)CB3OC(C)(C)C(C)(C)O3)S(C)(=O)=O)c(C3CC3)cc12. The van der Waals surface area contributed by atoms with Gasteiger partial charge in [-0.05, 0) is 100 Å². The van der Waals surface area contributed by atoms with Crippen LogP contribution in [0.3, 0.4) is 0 Å². The highest BCUT2D eigenvalue weighted by atomic mass is 32.2. The number of carbonyl (C=O) groups is 1. The molecule has 1 saturated heterocycles. The zero-order valence-electron chi connectivity index (χ0n) is 28.9. The summed E-state index contributed by atoms with van der Waals surface area (Å²) in [6.45, 7) is 8.71. The molecule has 0 bridgehead atoms. The first-order valence-electron chi connectivity index (χ1n) is 16.7. The minimum Gasteiger partial charge on any atom is -0.455 e. The van der Waals surface area contributed by atoms with Crippen molar-refractivity contribution in [2.24, 2.45) is 5.92 Å².